The third-order valence-corrected chi connectivity index (χ3v) is 2.51. The van der Waals surface area contributed by atoms with Gasteiger partial charge in [0, 0.05) is 12.2 Å². The standard InChI is InChI=1S/C12H14N.Li/c1-3-8-13-9-10(2)11-6-4-5-7-12(11)13;/h3-7,10H,1-2,8-9H2;/q-1;+1. The summed E-state index contributed by atoms with van der Waals surface area (Å²) in [6.45, 7) is 9.83. The van der Waals surface area contributed by atoms with Gasteiger partial charge in [-0.2, -0.15) is 0 Å². The number of rotatable bonds is 2. The monoisotopic (exact) mass is 179 g/mol. The summed E-state index contributed by atoms with van der Waals surface area (Å²) in [4.78, 5) is 2.32. The molecular weight excluding hydrogens is 165 g/mol. The molecule has 1 heterocycles. The van der Waals surface area contributed by atoms with Gasteiger partial charge in [-0.3, -0.25) is 0 Å². The zero-order valence-corrected chi connectivity index (χ0v) is 8.74. The van der Waals surface area contributed by atoms with E-state index in [4.69, 9.17) is 0 Å². The average molecular weight is 179 g/mol. The van der Waals surface area contributed by atoms with E-state index in [1.807, 2.05) is 6.08 Å². The second-order valence-electron chi connectivity index (χ2n) is 3.45. The molecule has 1 aromatic rings. The number of benzene rings is 1. The summed E-state index contributed by atoms with van der Waals surface area (Å²) in [5.74, 6) is 0.413. The first-order valence-electron chi connectivity index (χ1n) is 4.61. The smallest absolute Gasteiger partial charge is 0.370 e. The van der Waals surface area contributed by atoms with Gasteiger partial charge in [-0.15, -0.1) is 12.5 Å². The van der Waals surface area contributed by atoms with Crippen molar-refractivity contribution in [3.63, 3.8) is 0 Å². The summed E-state index contributed by atoms with van der Waals surface area (Å²) >= 11 is 0. The van der Waals surface area contributed by atoms with E-state index in [1.54, 1.807) is 0 Å². The van der Waals surface area contributed by atoms with Gasteiger partial charge in [0.05, 0.1) is 0 Å². The van der Waals surface area contributed by atoms with Gasteiger partial charge < -0.3 is 11.8 Å². The van der Waals surface area contributed by atoms with E-state index >= 15 is 0 Å². The Kier molecular flexibility index (Phi) is 3.86. The van der Waals surface area contributed by atoms with E-state index in [0.29, 0.717) is 5.92 Å². The largest absolute Gasteiger partial charge is 1.00 e. The van der Waals surface area contributed by atoms with Crippen LogP contribution in [0.5, 0.6) is 0 Å². The van der Waals surface area contributed by atoms with Crippen LogP contribution in [0.25, 0.3) is 0 Å². The fourth-order valence-corrected chi connectivity index (χ4v) is 1.91. The van der Waals surface area contributed by atoms with Crippen LogP contribution in [-0.4, -0.2) is 13.1 Å². The third kappa shape index (κ3) is 1.89. The van der Waals surface area contributed by atoms with Gasteiger partial charge in [-0.1, -0.05) is 24.3 Å². The number of fused-ring (bicyclic) bond motifs is 1. The molecular formula is C12H14LiN. The molecule has 1 nitrogen and oxygen atoms in total. The minimum absolute atomic E-state index is 0. The normalized spacial score (nSPS) is 18.6. The van der Waals surface area contributed by atoms with Crippen molar-refractivity contribution in [2.75, 3.05) is 18.0 Å². The minimum atomic E-state index is 0. The third-order valence-electron chi connectivity index (χ3n) is 2.51. The molecule has 1 atom stereocenters. The van der Waals surface area contributed by atoms with E-state index in [2.05, 4.69) is 42.7 Å². The molecule has 0 saturated heterocycles. The summed E-state index contributed by atoms with van der Waals surface area (Å²) in [7, 11) is 0. The first kappa shape index (κ1) is 11.4. The maximum absolute atomic E-state index is 4.14. The second kappa shape index (κ2) is 4.73. The Hall–Kier alpha value is -0.643. The number of para-hydroxylation sites is 1. The zero-order chi connectivity index (χ0) is 9.26. The molecule has 0 fully saturated rings. The minimum Gasteiger partial charge on any atom is -0.370 e. The van der Waals surface area contributed by atoms with Crippen molar-refractivity contribution in [3.05, 3.63) is 49.4 Å². The summed E-state index contributed by atoms with van der Waals surface area (Å²) < 4.78 is 0. The number of hydrogen-bond donors (Lipinski definition) is 0. The van der Waals surface area contributed by atoms with Gasteiger partial charge in [-0.25, -0.2) is 0 Å². The van der Waals surface area contributed by atoms with Gasteiger partial charge in [-0.05, 0) is 18.2 Å². The Labute approximate surface area is 98.0 Å². The second-order valence-corrected chi connectivity index (χ2v) is 3.45. The Morgan fingerprint density at radius 3 is 2.93 bits per heavy atom. The maximum atomic E-state index is 4.14. The van der Waals surface area contributed by atoms with E-state index in [0.717, 1.165) is 13.1 Å². The van der Waals surface area contributed by atoms with Crippen molar-refractivity contribution in [1.29, 1.82) is 0 Å². The molecule has 1 aliphatic rings. The fraction of sp³-hybridized carbons (Fsp3) is 0.250. The first-order valence-corrected chi connectivity index (χ1v) is 4.61. The van der Waals surface area contributed by atoms with Crippen LogP contribution >= 0.6 is 0 Å². The predicted molar refractivity (Wildman–Crippen MR) is 57.0 cm³/mol. The predicted octanol–water partition coefficient (Wildman–Crippen LogP) is -0.386. The SMILES string of the molecule is C=CCN1CC([CH2-])c2ccccc21.[Li+]. The average Bonchev–Trinajstić information content (AvgIpc) is 2.46. The van der Waals surface area contributed by atoms with Crippen LogP contribution in [-0.2, 0) is 0 Å². The van der Waals surface area contributed by atoms with Crippen LogP contribution in [0.1, 0.15) is 11.5 Å². The van der Waals surface area contributed by atoms with Crippen molar-refractivity contribution in [2.24, 2.45) is 0 Å². The van der Waals surface area contributed by atoms with Crippen LogP contribution < -0.4 is 23.8 Å². The van der Waals surface area contributed by atoms with Crippen LogP contribution in [0.4, 0.5) is 5.69 Å². The first-order chi connectivity index (χ1) is 6.33. The van der Waals surface area contributed by atoms with Crippen LogP contribution in [0.15, 0.2) is 36.9 Å². The summed E-state index contributed by atoms with van der Waals surface area (Å²) in [5.41, 5.74) is 2.69. The fourth-order valence-electron chi connectivity index (χ4n) is 1.91. The molecule has 0 amide bonds. The summed E-state index contributed by atoms with van der Waals surface area (Å²) in [6, 6.07) is 8.47. The Bertz CT molecular complexity index is 322. The molecule has 0 spiro atoms. The number of hydrogen-bond acceptors (Lipinski definition) is 1. The number of anilines is 1. The molecule has 1 unspecified atom stereocenters. The molecule has 1 aromatic carbocycles. The van der Waals surface area contributed by atoms with Crippen LogP contribution in [0.2, 0.25) is 0 Å². The zero-order valence-electron chi connectivity index (χ0n) is 8.74. The van der Waals surface area contributed by atoms with Crippen LogP contribution in [0.3, 0.4) is 0 Å². The van der Waals surface area contributed by atoms with Crippen molar-refractivity contribution < 1.29 is 18.9 Å². The molecule has 68 valence electrons. The summed E-state index contributed by atoms with van der Waals surface area (Å²) in [5, 5.41) is 0. The molecule has 0 aromatic heterocycles. The van der Waals surface area contributed by atoms with Crippen molar-refractivity contribution in [3.8, 4) is 0 Å². The van der Waals surface area contributed by atoms with Gasteiger partial charge in [0.2, 0.25) is 0 Å². The van der Waals surface area contributed by atoms with Gasteiger partial charge in [0.15, 0.2) is 0 Å². The van der Waals surface area contributed by atoms with E-state index < -0.39 is 0 Å². The van der Waals surface area contributed by atoms with Gasteiger partial charge in [0.1, 0.15) is 0 Å². The van der Waals surface area contributed by atoms with E-state index in [-0.39, 0.29) is 18.9 Å². The molecule has 0 saturated carbocycles. The molecule has 2 heteroatoms. The summed E-state index contributed by atoms with van der Waals surface area (Å²) in [6.07, 6.45) is 1.94. The molecule has 1 aliphatic heterocycles. The van der Waals surface area contributed by atoms with E-state index in [1.165, 1.54) is 11.3 Å². The Morgan fingerprint density at radius 2 is 2.21 bits per heavy atom. The molecule has 0 bridgehead atoms. The van der Waals surface area contributed by atoms with Crippen molar-refractivity contribution in [2.45, 2.75) is 5.92 Å². The van der Waals surface area contributed by atoms with Gasteiger partial charge in [0.25, 0.3) is 0 Å². The quantitative estimate of drug-likeness (QED) is 0.340. The molecule has 2 rings (SSSR count). The number of nitrogens with zero attached hydrogens (tertiary/aromatic N) is 1. The topological polar surface area (TPSA) is 3.24 Å². The van der Waals surface area contributed by atoms with Gasteiger partial charge >= 0.3 is 18.9 Å². The van der Waals surface area contributed by atoms with Crippen LogP contribution in [0, 0.1) is 6.92 Å². The maximum Gasteiger partial charge on any atom is 1.00 e. The Balaban J connectivity index is 0.000000980. The molecule has 0 radical (unpaired) electrons. The van der Waals surface area contributed by atoms with Crippen molar-refractivity contribution in [1.82, 2.24) is 0 Å². The molecule has 14 heavy (non-hydrogen) atoms. The Morgan fingerprint density at radius 1 is 1.50 bits per heavy atom. The van der Waals surface area contributed by atoms with E-state index in [9.17, 15) is 0 Å². The van der Waals surface area contributed by atoms with Crippen molar-refractivity contribution >= 4 is 5.69 Å². The molecule has 0 N–H and O–H groups in total. The molecule has 0 aliphatic carbocycles.